The molecule has 122 valence electrons. The normalized spacial score (nSPS) is 10.4. The van der Waals surface area contributed by atoms with Crippen molar-refractivity contribution < 1.29 is 9.13 Å². The highest BCUT2D eigenvalue weighted by atomic mass is 35.5. The summed E-state index contributed by atoms with van der Waals surface area (Å²) < 4.78 is 19.1. The topological polar surface area (TPSA) is 21.3 Å². The second-order valence-electron chi connectivity index (χ2n) is 5.39. The SMILES string of the molecule is Fc1cccc(COc2ccc(Cl)cc2CNc2ccccc2)c1. The van der Waals surface area contributed by atoms with Crippen molar-refractivity contribution in [3.05, 3.63) is 94.8 Å². The molecule has 3 rings (SSSR count). The first-order chi connectivity index (χ1) is 11.7. The van der Waals surface area contributed by atoms with Crippen LogP contribution in [-0.2, 0) is 13.2 Å². The summed E-state index contributed by atoms with van der Waals surface area (Å²) in [6.07, 6.45) is 0. The molecule has 1 N–H and O–H groups in total. The van der Waals surface area contributed by atoms with Gasteiger partial charge in [-0.2, -0.15) is 0 Å². The molecule has 0 amide bonds. The molecule has 0 bridgehead atoms. The lowest BCUT2D eigenvalue weighted by Crippen LogP contribution is -2.04. The van der Waals surface area contributed by atoms with Crippen molar-refractivity contribution in [2.45, 2.75) is 13.2 Å². The van der Waals surface area contributed by atoms with Crippen LogP contribution in [0.4, 0.5) is 10.1 Å². The second-order valence-corrected chi connectivity index (χ2v) is 5.83. The first-order valence-electron chi connectivity index (χ1n) is 7.65. The number of nitrogens with one attached hydrogen (secondary N) is 1. The number of ether oxygens (including phenoxy) is 1. The predicted molar refractivity (Wildman–Crippen MR) is 96.0 cm³/mol. The van der Waals surface area contributed by atoms with E-state index in [1.807, 2.05) is 48.5 Å². The van der Waals surface area contributed by atoms with Crippen LogP contribution in [0.25, 0.3) is 0 Å². The Bertz CT molecular complexity index is 808. The first-order valence-corrected chi connectivity index (χ1v) is 8.03. The number of para-hydroxylation sites is 1. The molecule has 0 aliphatic heterocycles. The summed E-state index contributed by atoms with van der Waals surface area (Å²) in [7, 11) is 0. The van der Waals surface area contributed by atoms with Gasteiger partial charge in [-0.3, -0.25) is 0 Å². The summed E-state index contributed by atoms with van der Waals surface area (Å²) in [5.41, 5.74) is 2.75. The molecule has 0 spiro atoms. The van der Waals surface area contributed by atoms with Crippen LogP contribution in [0, 0.1) is 5.82 Å². The van der Waals surface area contributed by atoms with Gasteiger partial charge in [-0.1, -0.05) is 41.9 Å². The van der Waals surface area contributed by atoms with Crippen molar-refractivity contribution in [2.24, 2.45) is 0 Å². The zero-order chi connectivity index (χ0) is 16.8. The standard InChI is InChI=1S/C20H17ClFNO/c21-17-9-10-20(24-14-15-5-4-6-18(22)11-15)16(12-17)13-23-19-7-2-1-3-8-19/h1-12,23H,13-14H2. The van der Waals surface area contributed by atoms with Crippen molar-refractivity contribution in [3.8, 4) is 5.75 Å². The summed E-state index contributed by atoms with van der Waals surface area (Å²) in [5, 5.41) is 3.99. The molecular formula is C20H17ClFNO. The van der Waals surface area contributed by atoms with Crippen LogP contribution >= 0.6 is 11.6 Å². The molecule has 0 saturated heterocycles. The molecule has 0 aliphatic rings. The van der Waals surface area contributed by atoms with Crippen molar-refractivity contribution in [1.29, 1.82) is 0 Å². The quantitative estimate of drug-likeness (QED) is 0.623. The minimum atomic E-state index is -0.266. The predicted octanol–water partition coefficient (Wildman–Crippen LogP) is 5.67. The van der Waals surface area contributed by atoms with Gasteiger partial charge in [0.2, 0.25) is 0 Å². The lowest BCUT2D eigenvalue weighted by molar-refractivity contribution is 0.302. The number of halogens is 2. The molecule has 0 aliphatic carbocycles. The van der Waals surface area contributed by atoms with Crippen LogP contribution in [0.2, 0.25) is 5.02 Å². The molecule has 0 fully saturated rings. The molecule has 0 heterocycles. The Hall–Kier alpha value is -2.52. The molecule has 4 heteroatoms. The summed E-state index contributed by atoms with van der Waals surface area (Å²) in [5.74, 6) is 0.463. The minimum Gasteiger partial charge on any atom is -0.489 e. The maximum Gasteiger partial charge on any atom is 0.124 e. The lowest BCUT2D eigenvalue weighted by atomic mass is 10.2. The maximum atomic E-state index is 13.3. The maximum absolute atomic E-state index is 13.3. The van der Waals surface area contributed by atoms with Crippen LogP contribution in [0.1, 0.15) is 11.1 Å². The number of hydrogen-bond donors (Lipinski definition) is 1. The Kier molecular flexibility index (Phi) is 5.34. The van der Waals surface area contributed by atoms with E-state index < -0.39 is 0 Å². The molecular weight excluding hydrogens is 325 g/mol. The van der Waals surface area contributed by atoms with Gasteiger partial charge in [0.25, 0.3) is 0 Å². The number of rotatable bonds is 6. The molecule has 3 aromatic rings. The fraction of sp³-hybridized carbons (Fsp3) is 0.100. The largest absolute Gasteiger partial charge is 0.489 e. The van der Waals surface area contributed by atoms with E-state index in [2.05, 4.69) is 5.32 Å². The van der Waals surface area contributed by atoms with Crippen molar-refractivity contribution in [2.75, 3.05) is 5.32 Å². The molecule has 2 nitrogen and oxygen atoms in total. The first kappa shape index (κ1) is 16.3. The van der Waals surface area contributed by atoms with E-state index in [-0.39, 0.29) is 5.82 Å². The van der Waals surface area contributed by atoms with Gasteiger partial charge in [0, 0.05) is 22.8 Å². The van der Waals surface area contributed by atoms with E-state index in [0.717, 1.165) is 22.6 Å². The highest BCUT2D eigenvalue weighted by molar-refractivity contribution is 6.30. The van der Waals surface area contributed by atoms with Crippen LogP contribution in [-0.4, -0.2) is 0 Å². The van der Waals surface area contributed by atoms with Gasteiger partial charge in [0.1, 0.15) is 18.2 Å². The second kappa shape index (κ2) is 7.84. The monoisotopic (exact) mass is 341 g/mol. The number of benzene rings is 3. The minimum absolute atomic E-state index is 0.266. The van der Waals surface area contributed by atoms with Crippen molar-refractivity contribution in [3.63, 3.8) is 0 Å². The fourth-order valence-electron chi connectivity index (χ4n) is 2.37. The third-order valence-corrected chi connectivity index (χ3v) is 3.80. The Labute approximate surface area is 145 Å². The summed E-state index contributed by atoms with van der Waals surface area (Å²) in [6.45, 7) is 0.890. The van der Waals surface area contributed by atoms with E-state index >= 15 is 0 Å². The van der Waals surface area contributed by atoms with Gasteiger partial charge in [0.15, 0.2) is 0 Å². The zero-order valence-electron chi connectivity index (χ0n) is 13.0. The molecule has 0 aromatic heterocycles. The van der Waals surface area contributed by atoms with Gasteiger partial charge in [0.05, 0.1) is 0 Å². The Morgan fingerprint density at radius 1 is 0.917 bits per heavy atom. The third kappa shape index (κ3) is 4.49. The van der Waals surface area contributed by atoms with Crippen LogP contribution in [0.5, 0.6) is 5.75 Å². The average Bonchev–Trinajstić information content (AvgIpc) is 2.60. The van der Waals surface area contributed by atoms with Crippen LogP contribution < -0.4 is 10.1 Å². The van der Waals surface area contributed by atoms with E-state index in [9.17, 15) is 4.39 Å². The number of hydrogen-bond acceptors (Lipinski definition) is 2. The molecule has 0 atom stereocenters. The lowest BCUT2D eigenvalue weighted by Gasteiger charge is -2.13. The summed E-state index contributed by atoms with van der Waals surface area (Å²) in [6, 6.07) is 21.8. The van der Waals surface area contributed by atoms with Gasteiger partial charge < -0.3 is 10.1 Å². The van der Waals surface area contributed by atoms with Gasteiger partial charge in [-0.15, -0.1) is 0 Å². The van der Waals surface area contributed by atoms with Crippen molar-refractivity contribution >= 4 is 17.3 Å². The zero-order valence-corrected chi connectivity index (χ0v) is 13.8. The fourth-order valence-corrected chi connectivity index (χ4v) is 2.56. The summed E-state index contributed by atoms with van der Waals surface area (Å²) in [4.78, 5) is 0. The Morgan fingerprint density at radius 3 is 2.54 bits per heavy atom. The summed E-state index contributed by atoms with van der Waals surface area (Å²) >= 11 is 6.10. The third-order valence-electron chi connectivity index (χ3n) is 3.56. The molecule has 3 aromatic carbocycles. The Balaban J connectivity index is 1.70. The molecule has 0 unspecified atom stereocenters. The average molecular weight is 342 g/mol. The molecule has 0 saturated carbocycles. The highest BCUT2D eigenvalue weighted by Crippen LogP contribution is 2.25. The van der Waals surface area contributed by atoms with E-state index in [4.69, 9.17) is 16.3 Å². The highest BCUT2D eigenvalue weighted by Gasteiger charge is 2.06. The van der Waals surface area contributed by atoms with Gasteiger partial charge in [-0.25, -0.2) is 4.39 Å². The van der Waals surface area contributed by atoms with Crippen molar-refractivity contribution in [1.82, 2.24) is 0 Å². The van der Waals surface area contributed by atoms with Gasteiger partial charge >= 0.3 is 0 Å². The number of anilines is 1. The Morgan fingerprint density at radius 2 is 1.75 bits per heavy atom. The van der Waals surface area contributed by atoms with E-state index in [0.29, 0.717) is 18.2 Å². The smallest absolute Gasteiger partial charge is 0.124 e. The van der Waals surface area contributed by atoms with E-state index in [1.54, 1.807) is 12.1 Å². The van der Waals surface area contributed by atoms with Gasteiger partial charge in [-0.05, 0) is 48.0 Å². The van der Waals surface area contributed by atoms with Crippen LogP contribution in [0.3, 0.4) is 0 Å². The van der Waals surface area contributed by atoms with Crippen LogP contribution in [0.15, 0.2) is 72.8 Å². The molecule has 0 radical (unpaired) electrons. The molecule has 24 heavy (non-hydrogen) atoms. The van der Waals surface area contributed by atoms with E-state index in [1.165, 1.54) is 12.1 Å².